The zero-order chi connectivity index (χ0) is 15.4. The van der Waals surface area contributed by atoms with E-state index in [-0.39, 0.29) is 23.8 Å². The second-order valence-electron chi connectivity index (χ2n) is 5.83. The van der Waals surface area contributed by atoms with Crippen molar-refractivity contribution < 1.29 is 14.3 Å². The number of aromatic nitrogens is 1. The fourth-order valence-electron chi connectivity index (χ4n) is 3.08. The van der Waals surface area contributed by atoms with Gasteiger partial charge in [0.05, 0.1) is 18.2 Å². The molecule has 2 amide bonds. The van der Waals surface area contributed by atoms with Crippen LogP contribution < -0.4 is 5.32 Å². The zero-order valence-electron chi connectivity index (χ0n) is 12.5. The highest BCUT2D eigenvalue weighted by atomic mass is 16.5. The summed E-state index contributed by atoms with van der Waals surface area (Å²) in [6.45, 7) is 2.33. The van der Waals surface area contributed by atoms with Crippen molar-refractivity contribution in [1.29, 1.82) is 0 Å². The number of carbonyl (C=O) groups is 2. The predicted octanol–water partition coefficient (Wildman–Crippen LogP) is 0.725. The molecule has 0 radical (unpaired) electrons. The van der Waals surface area contributed by atoms with Crippen molar-refractivity contribution in [1.82, 2.24) is 15.2 Å². The minimum atomic E-state index is -0.251. The molecule has 1 atom stereocenters. The van der Waals surface area contributed by atoms with E-state index in [0.717, 1.165) is 18.5 Å². The van der Waals surface area contributed by atoms with Gasteiger partial charge in [0.15, 0.2) is 0 Å². The van der Waals surface area contributed by atoms with Gasteiger partial charge in [0.25, 0.3) is 0 Å². The number of nitrogens with zero attached hydrogens (tertiary/aromatic N) is 2. The molecule has 0 aromatic carbocycles. The molecular weight excluding hydrogens is 282 g/mol. The molecule has 2 fully saturated rings. The van der Waals surface area contributed by atoms with Crippen LogP contribution in [0.1, 0.15) is 25.0 Å². The van der Waals surface area contributed by atoms with Gasteiger partial charge in [-0.25, -0.2) is 0 Å². The fourth-order valence-corrected chi connectivity index (χ4v) is 3.08. The van der Waals surface area contributed by atoms with Crippen molar-refractivity contribution in [3.8, 4) is 0 Å². The summed E-state index contributed by atoms with van der Waals surface area (Å²) in [6, 6.07) is 5.83. The van der Waals surface area contributed by atoms with Crippen LogP contribution >= 0.6 is 0 Å². The van der Waals surface area contributed by atoms with E-state index in [1.807, 2.05) is 23.1 Å². The number of hydrogen-bond donors (Lipinski definition) is 1. The highest BCUT2D eigenvalue weighted by Gasteiger charge is 2.38. The van der Waals surface area contributed by atoms with E-state index in [4.69, 9.17) is 4.74 Å². The van der Waals surface area contributed by atoms with Gasteiger partial charge < -0.3 is 15.0 Å². The monoisotopic (exact) mass is 303 g/mol. The normalized spacial score (nSPS) is 22.8. The van der Waals surface area contributed by atoms with Crippen molar-refractivity contribution in [3.63, 3.8) is 0 Å². The van der Waals surface area contributed by atoms with Crippen molar-refractivity contribution in [3.05, 3.63) is 30.1 Å². The van der Waals surface area contributed by atoms with E-state index in [1.54, 1.807) is 6.20 Å². The molecule has 1 N–H and O–H groups in total. The third-order valence-corrected chi connectivity index (χ3v) is 4.33. The summed E-state index contributed by atoms with van der Waals surface area (Å²) in [7, 11) is 0. The zero-order valence-corrected chi connectivity index (χ0v) is 12.5. The van der Waals surface area contributed by atoms with Gasteiger partial charge in [0.2, 0.25) is 11.8 Å². The van der Waals surface area contributed by atoms with Crippen LogP contribution in [0, 0.1) is 5.92 Å². The van der Waals surface area contributed by atoms with E-state index in [0.29, 0.717) is 32.7 Å². The van der Waals surface area contributed by atoms with Crippen LogP contribution in [0.5, 0.6) is 0 Å². The molecule has 0 saturated carbocycles. The van der Waals surface area contributed by atoms with Crippen LogP contribution in [-0.4, -0.2) is 47.5 Å². The number of rotatable bonds is 4. The maximum absolute atomic E-state index is 12.3. The third kappa shape index (κ3) is 3.44. The van der Waals surface area contributed by atoms with Crippen molar-refractivity contribution in [2.24, 2.45) is 5.92 Å². The van der Waals surface area contributed by atoms with Gasteiger partial charge in [-0.15, -0.1) is 0 Å². The first-order chi connectivity index (χ1) is 10.7. The molecule has 2 aliphatic rings. The van der Waals surface area contributed by atoms with Crippen LogP contribution in [-0.2, 0) is 20.9 Å². The minimum absolute atomic E-state index is 0.0615. The third-order valence-electron chi connectivity index (χ3n) is 4.33. The van der Waals surface area contributed by atoms with Gasteiger partial charge in [0, 0.05) is 38.4 Å². The molecule has 2 aliphatic heterocycles. The number of hydrogen-bond acceptors (Lipinski definition) is 4. The van der Waals surface area contributed by atoms with E-state index in [2.05, 4.69) is 10.3 Å². The molecule has 0 aliphatic carbocycles. The van der Waals surface area contributed by atoms with Gasteiger partial charge >= 0.3 is 0 Å². The van der Waals surface area contributed by atoms with Gasteiger partial charge in [-0.2, -0.15) is 0 Å². The molecule has 6 heteroatoms. The standard InChI is InChI=1S/C16H21N3O3/c20-15-9-12(11-19(15)14-4-7-22-8-5-14)16(21)18-10-13-3-1-2-6-17-13/h1-3,6,12,14H,4-5,7-11H2,(H,18,21). The summed E-state index contributed by atoms with van der Waals surface area (Å²) >= 11 is 0. The predicted molar refractivity (Wildman–Crippen MR) is 79.7 cm³/mol. The first-order valence-electron chi connectivity index (χ1n) is 7.79. The number of nitrogens with one attached hydrogen (secondary N) is 1. The molecule has 118 valence electrons. The number of carbonyl (C=O) groups excluding carboxylic acids is 2. The number of amides is 2. The lowest BCUT2D eigenvalue weighted by atomic mass is 10.1. The topological polar surface area (TPSA) is 71.5 Å². The molecule has 1 unspecified atom stereocenters. The van der Waals surface area contributed by atoms with Crippen LogP contribution in [0.25, 0.3) is 0 Å². The Kier molecular flexibility index (Phi) is 4.68. The molecule has 2 saturated heterocycles. The summed E-state index contributed by atoms with van der Waals surface area (Å²) in [4.78, 5) is 30.4. The van der Waals surface area contributed by atoms with Crippen molar-refractivity contribution >= 4 is 11.8 Å². The molecule has 1 aromatic heterocycles. The van der Waals surface area contributed by atoms with Gasteiger partial charge in [-0.3, -0.25) is 14.6 Å². The van der Waals surface area contributed by atoms with Crippen LogP contribution in [0.3, 0.4) is 0 Å². The molecule has 0 spiro atoms. The molecule has 6 nitrogen and oxygen atoms in total. The largest absolute Gasteiger partial charge is 0.381 e. The minimum Gasteiger partial charge on any atom is -0.381 e. The molecule has 3 heterocycles. The Labute approximate surface area is 129 Å². The first kappa shape index (κ1) is 15.0. The SMILES string of the molecule is O=C(NCc1ccccn1)C1CC(=O)N(C2CCOCC2)C1. The van der Waals surface area contributed by atoms with Crippen molar-refractivity contribution in [2.75, 3.05) is 19.8 Å². The van der Waals surface area contributed by atoms with E-state index in [1.165, 1.54) is 0 Å². The Balaban J connectivity index is 1.52. The smallest absolute Gasteiger partial charge is 0.225 e. The Bertz CT molecular complexity index is 529. The van der Waals surface area contributed by atoms with E-state index >= 15 is 0 Å². The summed E-state index contributed by atoms with van der Waals surface area (Å²) in [5, 5.41) is 2.88. The summed E-state index contributed by atoms with van der Waals surface area (Å²) in [6.07, 6.45) is 3.75. The van der Waals surface area contributed by atoms with Crippen LogP contribution in [0.4, 0.5) is 0 Å². The van der Waals surface area contributed by atoms with Gasteiger partial charge in [-0.05, 0) is 25.0 Å². The summed E-state index contributed by atoms with van der Waals surface area (Å²) < 4.78 is 5.33. The molecular formula is C16H21N3O3. The Morgan fingerprint density at radius 3 is 2.91 bits per heavy atom. The van der Waals surface area contributed by atoms with Crippen molar-refractivity contribution in [2.45, 2.75) is 31.8 Å². The summed E-state index contributed by atoms with van der Waals surface area (Å²) in [5.41, 5.74) is 0.821. The Morgan fingerprint density at radius 2 is 2.18 bits per heavy atom. The highest BCUT2D eigenvalue weighted by Crippen LogP contribution is 2.25. The Morgan fingerprint density at radius 1 is 1.36 bits per heavy atom. The lowest BCUT2D eigenvalue weighted by Crippen LogP contribution is -2.41. The molecule has 22 heavy (non-hydrogen) atoms. The number of ether oxygens (including phenoxy) is 1. The average Bonchev–Trinajstić information content (AvgIpc) is 2.96. The Hall–Kier alpha value is -1.95. The maximum Gasteiger partial charge on any atom is 0.225 e. The van der Waals surface area contributed by atoms with Crippen LogP contribution in [0.15, 0.2) is 24.4 Å². The lowest BCUT2D eigenvalue weighted by Gasteiger charge is -2.31. The quantitative estimate of drug-likeness (QED) is 0.890. The maximum atomic E-state index is 12.3. The van der Waals surface area contributed by atoms with Gasteiger partial charge in [-0.1, -0.05) is 6.07 Å². The first-order valence-corrected chi connectivity index (χ1v) is 7.79. The fraction of sp³-hybridized carbons (Fsp3) is 0.562. The second kappa shape index (κ2) is 6.87. The lowest BCUT2D eigenvalue weighted by molar-refractivity contribution is -0.131. The highest BCUT2D eigenvalue weighted by molar-refractivity contribution is 5.89. The van der Waals surface area contributed by atoms with Gasteiger partial charge in [0.1, 0.15) is 0 Å². The molecule has 1 aromatic rings. The molecule has 0 bridgehead atoms. The summed E-state index contributed by atoms with van der Waals surface area (Å²) in [5.74, 6) is -0.225. The number of likely N-dealkylation sites (tertiary alicyclic amines) is 1. The average molecular weight is 303 g/mol. The number of pyridine rings is 1. The van der Waals surface area contributed by atoms with E-state index in [9.17, 15) is 9.59 Å². The van der Waals surface area contributed by atoms with Crippen LogP contribution in [0.2, 0.25) is 0 Å². The second-order valence-corrected chi connectivity index (χ2v) is 5.83. The molecule has 3 rings (SSSR count). The van der Waals surface area contributed by atoms with E-state index < -0.39 is 0 Å².